The van der Waals surface area contributed by atoms with E-state index < -0.39 is 11.9 Å². The molecule has 3 aromatic rings. The highest BCUT2D eigenvalue weighted by Crippen LogP contribution is 2.28. The molecule has 0 aliphatic carbocycles. The predicted molar refractivity (Wildman–Crippen MR) is 93.6 cm³/mol. The van der Waals surface area contributed by atoms with Crippen LogP contribution in [0.2, 0.25) is 0 Å². The standard InChI is InChI=1S/C16H11FIN3O2/c1-8-6-9(18)2-3-10(8)20-11-4-5-12-15(14(11)16(22)23)19-7-13(17)21-12/h2-7,20H,1H3,(H,22,23). The van der Waals surface area contributed by atoms with Gasteiger partial charge in [-0.1, -0.05) is 0 Å². The Morgan fingerprint density at radius 2 is 2.00 bits per heavy atom. The van der Waals surface area contributed by atoms with Crippen molar-refractivity contribution in [3.05, 3.63) is 57.2 Å². The molecule has 0 fully saturated rings. The van der Waals surface area contributed by atoms with Crippen molar-refractivity contribution in [2.45, 2.75) is 6.92 Å². The number of aromatic carboxylic acids is 1. The lowest BCUT2D eigenvalue weighted by Crippen LogP contribution is -2.06. The van der Waals surface area contributed by atoms with Crippen LogP contribution in [0.15, 0.2) is 36.5 Å². The zero-order valence-corrected chi connectivity index (χ0v) is 14.1. The maximum Gasteiger partial charge on any atom is 0.340 e. The lowest BCUT2D eigenvalue weighted by molar-refractivity contribution is 0.0700. The molecule has 0 amide bonds. The van der Waals surface area contributed by atoms with Crippen LogP contribution in [0.5, 0.6) is 0 Å². The Labute approximate surface area is 144 Å². The van der Waals surface area contributed by atoms with Crippen LogP contribution in [0.1, 0.15) is 15.9 Å². The first-order valence-corrected chi connectivity index (χ1v) is 7.75. The Hall–Kier alpha value is -2.29. The van der Waals surface area contributed by atoms with E-state index in [1.807, 2.05) is 25.1 Å². The summed E-state index contributed by atoms with van der Waals surface area (Å²) in [5, 5.41) is 12.6. The number of carbonyl (C=O) groups is 1. The van der Waals surface area contributed by atoms with Crippen molar-refractivity contribution < 1.29 is 14.3 Å². The summed E-state index contributed by atoms with van der Waals surface area (Å²) >= 11 is 2.21. The van der Waals surface area contributed by atoms with Crippen molar-refractivity contribution in [3.8, 4) is 0 Å². The second-order valence-electron chi connectivity index (χ2n) is 4.94. The van der Waals surface area contributed by atoms with Crippen LogP contribution in [0.3, 0.4) is 0 Å². The summed E-state index contributed by atoms with van der Waals surface area (Å²) in [5.41, 5.74) is 2.48. The number of benzene rings is 2. The number of hydrogen-bond donors (Lipinski definition) is 2. The van der Waals surface area contributed by atoms with Gasteiger partial charge in [0.05, 0.1) is 17.4 Å². The van der Waals surface area contributed by atoms with Gasteiger partial charge in [0, 0.05) is 9.26 Å². The maximum absolute atomic E-state index is 13.2. The number of halogens is 2. The maximum atomic E-state index is 13.2. The number of aryl methyl sites for hydroxylation is 1. The van der Waals surface area contributed by atoms with Gasteiger partial charge in [0.15, 0.2) is 0 Å². The van der Waals surface area contributed by atoms with Gasteiger partial charge in [-0.05, 0) is 65.4 Å². The van der Waals surface area contributed by atoms with Crippen molar-refractivity contribution in [2.75, 3.05) is 5.32 Å². The first-order valence-electron chi connectivity index (χ1n) is 6.67. The van der Waals surface area contributed by atoms with Gasteiger partial charge in [0.2, 0.25) is 5.95 Å². The highest BCUT2D eigenvalue weighted by atomic mass is 127. The van der Waals surface area contributed by atoms with Gasteiger partial charge in [-0.3, -0.25) is 0 Å². The van der Waals surface area contributed by atoms with Gasteiger partial charge in [0.1, 0.15) is 11.1 Å². The quantitative estimate of drug-likeness (QED) is 0.620. The summed E-state index contributed by atoms with van der Waals surface area (Å²) in [4.78, 5) is 19.2. The zero-order chi connectivity index (χ0) is 16.6. The number of rotatable bonds is 3. The molecule has 0 radical (unpaired) electrons. The van der Waals surface area contributed by atoms with Crippen LogP contribution in [-0.2, 0) is 0 Å². The van der Waals surface area contributed by atoms with Crippen LogP contribution < -0.4 is 5.32 Å². The van der Waals surface area contributed by atoms with Crippen LogP contribution in [0.25, 0.3) is 11.0 Å². The molecule has 0 atom stereocenters. The molecule has 7 heteroatoms. The molecular formula is C16H11FIN3O2. The van der Waals surface area contributed by atoms with Crippen LogP contribution in [-0.4, -0.2) is 21.0 Å². The summed E-state index contributed by atoms with van der Waals surface area (Å²) in [6.07, 6.45) is 0.911. The van der Waals surface area contributed by atoms with Crippen molar-refractivity contribution >= 4 is 51.0 Å². The normalized spacial score (nSPS) is 10.7. The van der Waals surface area contributed by atoms with E-state index in [1.165, 1.54) is 0 Å². The second-order valence-corrected chi connectivity index (χ2v) is 6.18. The molecule has 0 spiro atoms. The van der Waals surface area contributed by atoms with E-state index in [2.05, 4.69) is 37.9 Å². The predicted octanol–water partition coefficient (Wildman–Crippen LogP) is 4.12. The number of nitrogens with zero attached hydrogens (tertiary/aromatic N) is 2. The molecule has 0 aliphatic rings. The fourth-order valence-corrected chi connectivity index (χ4v) is 2.94. The Morgan fingerprint density at radius 3 is 2.70 bits per heavy atom. The lowest BCUT2D eigenvalue weighted by atomic mass is 10.1. The molecule has 23 heavy (non-hydrogen) atoms. The summed E-state index contributed by atoms with van der Waals surface area (Å²) in [6, 6.07) is 8.90. The lowest BCUT2D eigenvalue weighted by Gasteiger charge is -2.13. The van der Waals surface area contributed by atoms with E-state index in [-0.39, 0.29) is 16.6 Å². The highest BCUT2D eigenvalue weighted by molar-refractivity contribution is 14.1. The number of aromatic nitrogens is 2. The van der Waals surface area contributed by atoms with Crippen molar-refractivity contribution in [2.24, 2.45) is 0 Å². The minimum absolute atomic E-state index is 0.0343. The number of fused-ring (bicyclic) bond motifs is 1. The monoisotopic (exact) mass is 423 g/mol. The Kier molecular flexibility index (Phi) is 4.12. The molecule has 1 aromatic heterocycles. The third-order valence-electron chi connectivity index (χ3n) is 3.36. The fourth-order valence-electron chi connectivity index (χ4n) is 2.30. The SMILES string of the molecule is Cc1cc(I)ccc1Nc1ccc2nc(F)cnc2c1C(=O)O. The molecule has 0 saturated carbocycles. The molecule has 0 bridgehead atoms. The highest BCUT2D eigenvalue weighted by Gasteiger charge is 2.17. The second kappa shape index (κ2) is 6.07. The number of carboxylic acids is 1. The average Bonchev–Trinajstić information content (AvgIpc) is 2.49. The van der Waals surface area contributed by atoms with E-state index in [0.717, 1.165) is 21.0 Å². The Morgan fingerprint density at radius 1 is 1.26 bits per heavy atom. The molecule has 2 aromatic carbocycles. The molecule has 3 rings (SSSR count). The third-order valence-corrected chi connectivity index (χ3v) is 4.03. The largest absolute Gasteiger partial charge is 0.478 e. The van der Waals surface area contributed by atoms with E-state index in [0.29, 0.717) is 5.69 Å². The minimum atomic E-state index is -1.15. The molecular weight excluding hydrogens is 412 g/mol. The third kappa shape index (κ3) is 3.09. The molecule has 0 unspecified atom stereocenters. The Balaban J connectivity index is 2.15. The molecule has 0 saturated heterocycles. The van der Waals surface area contributed by atoms with E-state index >= 15 is 0 Å². The van der Waals surface area contributed by atoms with Gasteiger partial charge < -0.3 is 10.4 Å². The summed E-state index contributed by atoms with van der Waals surface area (Å²) in [5.74, 6) is -1.90. The topological polar surface area (TPSA) is 75.1 Å². The molecule has 5 nitrogen and oxygen atoms in total. The van der Waals surface area contributed by atoms with E-state index in [4.69, 9.17) is 0 Å². The molecule has 116 valence electrons. The summed E-state index contributed by atoms with van der Waals surface area (Å²) in [6.45, 7) is 1.93. The number of hydrogen-bond acceptors (Lipinski definition) is 4. The van der Waals surface area contributed by atoms with Crippen molar-refractivity contribution in [3.63, 3.8) is 0 Å². The Bertz CT molecular complexity index is 931. The molecule has 0 aliphatic heterocycles. The minimum Gasteiger partial charge on any atom is -0.478 e. The van der Waals surface area contributed by atoms with Gasteiger partial charge in [-0.25, -0.2) is 14.8 Å². The van der Waals surface area contributed by atoms with Crippen LogP contribution >= 0.6 is 22.6 Å². The van der Waals surface area contributed by atoms with Gasteiger partial charge in [-0.2, -0.15) is 4.39 Å². The fraction of sp³-hybridized carbons (Fsp3) is 0.0625. The summed E-state index contributed by atoms with van der Waals surface area (Å²) < 4.78 is 14.3. The first kappa shape index (κ1) is 15.6. The first-order chi connectivity index (χ1) is 11.0. The van der Waals surface area contributed by atoms with Gasteiger partial charge >= 0.3 is 5.97 Å². The average molecular weight is 423 g/mol. The number of nitrogens with one attached hydrogen (secondary N) is 1. The van der Waals surface area contributed by atoms with E-state index in [9.17, 15) is 14.3 Å². The van der Waals surface area contributed by atoms with Gasteiger partial charge in [0.25, 0.3) is 0 Å². The smallest absolute Gasteiger partial charge is 0.340 e. The van der Waals surface area contributed by atoms with Crippen molar-refractivity contribution in [1.29, 1.82) is 0 Å². The van der Waals surface area contributed by atoms with Crippen LogP contribution in [0.4, 0.5) is 15.8 Å². The van der Waals surface area contributed by atoms with Crippen molar-refractivity contribution in [1.82, 2.24) is 9.97 Å². The van der Waals surface area contributed by atoms with Gasteiger partial charge in [-0.15, -0.1) is 0 Å². The summed E-state index contributed by atoms with van der Waals surface area (Å²) in [7, 11) is 0. The zero-order valence-electron chi connectivity index (χ0n) is 12.0. The van der Waals surface area contributed by atoms with E-state index in [1.54, 1.807) is 12.1 Å². The number of anilines is 2. The number of carboxylic acid groups (broad SMARTS) is 1. The van der Waals surface area contributed by atoms with Crippen LogP contribution in [0, 0.1) is 16.4 Å². The molecule has 1 heterocycles. The molecule has 2 N–H and O–H groups in total.